The lowest BCUT2D eigenvalue weighted by Gasteiger charge is -2.04. The lowest BCUT2D eigenvalue weighted by Crippen LogP contribution is -2.13. The van der Waals surface area contributed by atoms with E-state index in [1.807, 2.05) is 42.6 Å². The van der Waals surface area contributed by atoms with Crippen LogP contribution in [0.3, 0.4) is 0 Å². The minimum atomic E-state index is -0.142. The number of hydrogen-bond donors (Lipinski definition) is 1. The largest absolute Gasteiger partial charge is 0.298 e. The third-order valence-corrected chi connectivity index (χ3v) is 5.51. The van der Waals surface area contributed by atoms with E-state index >= 15 is 0 Å². The molecule has 3 nitrogen and oxygen atoms in total. The van der Waals surface area contributed by atoms with Crippen molar-refractivity contribution in [3.63, 3.8) is 0 Å². The van der Waals surface area contributed by atoms with E-state index in [9.17, 15) is 4.79 Å². The number of amides is 1. The predicted molar refractivity (Wildman–Crippen MR) is 106 cm³/mol. The predicted octanol–water partition coefficient (Wildman–Crippen LogP) is 5.35. The smallest absolute Gasteiger partial charge is 0.258 e. The normalized spacial score (nSPS) is 10.5. The van der Waals surface area contributed by atoms with Crippen LogP contribution >= 0.6 is 49.9 Å². The highest BCUT2D eigenvalue weighted by Crippen LogP contribution is 2.23. The monoisotopic (exact) mass is 498 g/mol. The summed E-state index contributed by atoms with van der Waals surface area (Å²) >= 11 is 7.06. The van der Waals surface area contributed by atoms with Crippen LogP contribution in [-0.2, 0) is 6.42 Å². The zero-order valence-corrected chi connectivity index (χ0v) is 16.5. The van der Waals surface area contributed by atoms with E-state index in [2.05, 4.69) is 61.0 Å². The number of anilines is 1. The summed E-state index contributed by atoms with van der Waals surface area (Å²) in [6.07, 6.45) is 2.64. The van der Waals surface area contributed by atoms with Crippen molar-refractivity contribution in [2.45, 2.75) is 6.42 Å². The first-order valence-corrected chi connectivity index (χ1v) is 9.55. The molecule has 0 unspecified atom stereocenters. The summed E-state index contributed by atoms with van der Waals surface area (Å²) in [5, 5.41) is 3.50. The van der Waals surface area contributed by atoms with Crippen molar-refractivity contribution >= 4 is 60.9 Å². The average Bonchev–Trinajstić information content (AvgIpc) is 2.97. The Hall–Kier alpha value is -1.25. The lowest BCUT2D eigenvalue weighted by atomic mass is 10.1. The van der Waals surface area contributed by atoms with E-state index in [4.69, 9.17) is 0 Å². The Morgan fingerprint density at radius 3 is 2.78 bits per heavy atom. The van der Waals surface area contributed by atoms with E-state index in [0.717, 1.165) is 19.3 Å². The number of carbonyl (C=O) groups excluding carboxylic acids is 1. The molecule has 1 aromatic heterocycles. The van der Waals surface area contributed by atoms with Crippen molar-refractivity contribution in [1.82, 2.24) is 4.98 Å². The van der Waals surface area contributed by atoms with Gasteiger partial charge in [-0.15, -0.1) is 11.3 Å². The lowest BCUT2D eigenvalue weighted by molar-refractivity contribution is 0.102. The van der Waals surface area contributed by atoms with E-state index in [1.165, 1.54) is 16.9 Å². The van der Waals surface area contributed by atoms with Gasteiger partial charge >= 0.3 is 0 Å². The Bertz CT molecular complexity index is 836. The summed E-state index contributed by atoms with van der Waals surface area (Å²) in [5.41, 5.74) is 1.87. The number of rotatable bonds is 4. The summed E-state index contributed by atoms with van der Waals surface area (Å²) in [6.45, 7) is 0. The van der Waals surface area contributed by atoms with Gasteiger partial charge in [0.15, 0.2) is 5.13 Å². The SMILES string of the molecule is O=C(Nc1ncc(Cc2ccccc2)s1)c1cc(Br)ccc1I. The summed E-state index contributed by atoms with van der Waals surface area (Å²) in [4.78, 5) is 17.8. The third-order valence-electron chi connectivity index (χ3n) is 3.17. The highest BCUT2D eigenvalue weighted by Gasteiger charge is 2.13. The van der Waals surface area contributed by atoms with Crippen LogP contribution in [0.25, 0.3) is 0 Å². The average molecular weight is 499 g/mol. The van der Waals surface area contributed by atoms with Crippen molar-refractivity contribution in [2.75, 3.05) is 5.32 Å². The molecule has 1 amide bonds. The van der Waals surface area contributed by atoms with Crippen LogP contribution in [0.1, 0.15) is 20.8 Å². The van der Waals surface area contributed by atoms with E-state index in [0.29, 0.717) is 10.7 Å². The Morgan fingerprint density at radius 1 is 1.22 bits per heavy atom. The second kappa shape index (κ2) is 7.55. The Balaban J connectivity index is 1.71. The van der Waals surface area contributed by atoms with Crippen molar-refractivity contribution in [1.29, 1.82) is 0 Å². The molecule has 23 heavy (non-hydrogen) atoms. The molecule has 0 bridgehead atoms. The molecule has 6 heteroatoms. The van der Waals surface area contributed by atoms with Gasteiger partial charge in [-0.25, -0.2) is 4.98 Å². The molecule has 0 atom stereocenters. The second-order valence-electron chi connectivity index (χ2n) is 4.87. The zero-order chi connectivity index (χ0) is 16.2. The number of benzene rings is 2. The van der Waals surface area contributed by atoms with Crippen LogP contribution in [0.5, 0.6) is 0 Å². The quantitative estimate of drug-likeness (QED) is 0.492. The molecule has 0 fully saturated rings. The molecule has 0 aliphatic rings. The number of nitrogens with zero attached hydrogens (tertiary/aromatic N) is 1. The minimum Gasteiger partial charge on any atom is -0.298 e. The van der Waals surface area contributed by atoms with Crippen molar-refractivity contribution in [2.24, 2.45) is 0 Å². The Labute approximate surface area is 160 Å². The number of halogens is 2. The van der Waals surface area contributed by atoms with Gasteiger partial charge in [-0.05, 0) is 46.4 Å². The fourth-order valence-electron chi connectivity index (χ4n) is 2.08. The maximum Gasteiger partial charge on any atom is 0.258 e. The molecule has 0 aliphatic heterocycles. The minimum absolute atomic E-state index is 0.142. The van der Waals surface area contributed by atoms with Crippen LogP contribution in [0, 0.1) is 3.57 Å². The molecule has 3 aromatic rings. The second-order valence-corrected chi connectivity index (χ2v) is 8.07. The fraction of sp³-hybridized carbons (Fsp3) is 0.0588. The number of hydrogen-bond acceptors (Lipinski definition) is 3. The first-order valence-electron chi connectivity index (χ1n) is 6.87. The molecule has 0 saturated heterocycles. The standard InChI is InChI=1S/C17H12BrIN2OS/c18-12-6-7-15(19)14(9-12)16(22)21-17-20-10-13(23-17)8-11-4-2-1-3-5-11/h1-7,9-10H,8H2,(H,20,21,22). The molecule has 116 valence electrons. The molecular weight excluding hydrogens is 487 g/mol. The van der Waals surface area contributed by atoms with Gasteiger partial charge in [0.05, 0.1) is 5.56 Å². The number of carbonyl (C=O) groups is 1. The molecule has 1 N–H and O–H groups in total. The Kier molecular flexibility index (Phi) is 5.45. The van der Waals surface area contributed by atoms with Gasteiger partial charge in [-0.3, -0.25) is 10.1 Å². The van der Waals surface area contributed by atoms with Crippen LogP contribution in [-0.4, -0.2) is 10.9 Å². The molecule has 1 heterocycles. The van der Waals surface area contributed by atoms with Gasteiger partial charge in [0.1, 0.15) is 0 Å². The molecular formula is C17H12BrIN2OS. The van der Waals surface area contributed by atoms with Gasteiger partial charge in [0.2, 0.25) is 0 Å². The van der Waals surface area contributed by atoms with Crippen LogP contribution < -0.4 is 5.32 Å². The first-order chi connectivity index (χ1) is 11.1. The molecule has 0 spiro atoms. The summed E-state index contributed by atoms with van der Waals surface area (Å²) in [7, 11) is 0. The van der Waals surface area contributed by atoms with Gasteiger partial charge < -0.3 is 0 Å². The van der Waals surface area contributed by atoms with Crippen molar-refractivity contribution in [3.8, 4) is 0 Å². The van der Waals surface area contributed by atoms with E-state index in [1.54, 1.807) is 0 Å². The molecule has 0 radical (unpaired) electrons. The highest BCUT2D eigenvalue weighted by molar-refractivity contribution is 14.1. The Morgan fingerprint density at radius 2 is 2.00 bits per heavy atom. The fourth-order valence-corrected chi connectivity index (χ4v) is 3.86. The number of aromatic nitrogens is 1. The van der Waals surface area contributed by atoms with Gasteiger partial charge in [-0.1, -0.05) is 46.3 Å². The number of nitrogens with one attached hydrogen (secondary N) is 1. The third kappa shape index (κ3) is 4.39. The number of thiazole rings is 1. The maximum atomic E-state index is 12.4. The van der Waals surface area contributed by atoms with Crippen molar-refractivity contribution < 1.29 is 4.79 Å². The van der Waals surface area contributed by atoms with Gasteiger partial charge in [0.25, 0.3) is 5.91 Å². The van der Waals surface area contributed by atoms with Crippen LogP contribution in [0.4, 0.5) is 5.13 Å². The van der Waals surface area contributed by atoms with Crippen LogP contribution in [0.15, 0.2) is 59.2 Å². The molecule has 3 rings (SSSR count). The first kappa shape index (κ1) is 16.6. The topological polar surface area (TPSA) is 42.0 Å². The van der Waals surface area contributed by atoms with Gasteiger partial charge in [-0.2, -0.15) is 0 Å². The summed E-state index contributed by atoms with van der Waals surface area (Å²) in [6, 6.07) is 15.9. The molecule has 0 saturated carbocycles. The zero-order valence-electron chi connectivity index (χ0n) is 11.9. The summed E-state index contributed by atoms with van der Waals surface area (Å²) < 4.78 is 1.79. The van der Waals surface area contributed by atoms with E-state index < -0.39 is 0 Å². The van der Waals surface area contributed by atoms with Crippen molar-refractivity contribution in [3.05, 3.63) is 78.8 Å². The molecule has 0 aliphatic carbocycles. The molecule has 2 aromatic carbocycles. The van der Waals surface area contributed by atoms with Gasteiger partial charge in [0, 0.05) is 25.5 Å². The maximum absolute atomic E-state index is 12.4. The highest BCUT2D eigenvalue weighted by atomic mass is 127. The summed E-state index contributed by atoms with van der Waals surface area (Å²) in [5.74, 6) is -0.142. The van der Waals surface area contributed by atoms with E-state index in [-0.39, 0.29) is 5.91 Å². The van der Waals surface area contributed by atoms with Crippen LogP contribution in [0.2, 0.25) is 0 Å².